The third-order valence-corrected chi connectivity index (χ3v) is 5.17. The van der Waals surface area contributed by atoms with Crippen molar-refractivity contribution < 1.29 is 14.0 Å². The maximum atomic E-state index is 12.4. The molecule has 2 aromatic carbocycles. The minimum absolute atomic E-state index is 0.127. The van der Waals surface area contributed by atoms with Gasteiger partial charge in [-0.3, -0.25) is 20.4 Å². The average molecular weight is 377 g/mol. The van der Waals surface area contributed by atoms with E-state index in [1.807, 2.05) is 48.5 Å². The van der Waals surface area contributed by atoms with Crippen LogP contribution in [0.1, 0.15) is 25.9 Å². The molecule has 0 bridgehead atoms. The van der Waals surface area contributed by atoms with Crippen LogP contribution in [0, 0.1) is 6.92 Å². The maximum absolute atomic E-state index is 12.4. The van der Waals surface area contributed by atoms with Gasteiger partial charge in [-0.15, -0.1) is 11.3 Å². The third-order valence-electron chi connectivity index (χ3n) is 3.96. The summed E-state index contributed by atoms with van der Waals surface area (Å²) >= 11 is 1.27. The normalized spacial score (nSPS) is 10.7. The van der Waals surface area contributed by atoms with Gasteiger partial charge in [0.1, 0.15) is 15.5 Å². The second-order valence-electron chi connectivity index (χ2n) is 5.86. The fourth-order valence-corrected chi connectivity index (χ4v) is 3.60. The van der Waals surface area contributed by atoms with Crippen molar-refractivity contribution in [1.82, 2.24) is 15.8 Å². The van der Waals surface area contributed by atoms with Gasteiger partial charge in [0.25, 0.3) is 5.91 Å². The summed E-state index contributed by atoms with van der Waals surface area (Å²) in [6.45, 7) is 1.76. The van der Waals surface area contributed by atoms with Crippen LogP contribution < -0.4 is 10.9 Å². The highest BCUT2D eigenvalue weighted by Gasteiger charge is 2.18. The summed E-state index contributed by atoms with van der Waals surface area (Å²) < 4.78 is 5.48. The number of thiazole rings is 1. The number of furan rings is 1. The summed E-state index contributed by atoms with van der Waals surface area (Å²) in [5.41, 5.74) is 6.96. The van der Waals surface area contributed by atoms with Crippen LogP contribution in [0.3, 0.4) is 0 Å². The van der Waals surface area contributed by atoms with Gasteiger partial charge in [-0.2, -0.15) is 0 Å². The molecule has 0 unspecified atom stereocenters. The molecule has 4 rings (SSSR count). The maximum Gasteiger partial charge on any atom is 0.305 e. The number of rotatable bonds is 3. The van der Waals surface area contributed by atoms with Crippen LogP contribution in [-0.4, -0.2) is 16.8 Å². The topological polar surface area (TPSA) is 84.2 Å². The monoisotopic (exact) mass is 377 g/mol. The van der Waals surface area contributed by atoms with Crippen LogP contribution in [0.2, 0.25) is 0 Å². The van der Waals surface area contributed by atoms with E-state index in [-0.39, 0.29) is 5.76 Å². The van der Waals surface area contributed by atoms with E-state index in [0.717, 1.165) is 16.0 Å². The molecule has 134 valence electrons. The lowest BCUT2D eigenvalue weighted by Crippen LogP contribution is -2.41. The van der Waals surface area contributed by atoms with Crippen molar-refractivity contribution in [2.75, 3.05) is 0 Å². The third kappa shape index (κ3) is 3.45. The van der Waals surface area contributed by atoms with Crippen molar-refractivity contribution in [3.63, 3.8) is 0 Å². The fourth-order valence-electron chi connectivity index (χ4n) is 2.64. The molecule has 0 aliphatic rings. The summed E-state index contributed by atoms with van der Waals surface area (Å²) in [7, 11) is 0. The Hall–Kier alpha value is -3.45. The van der Waals surface area contributed by atoms with E-state index in [1.165, 1.54) is 11.3 Å². The van der Waals surface area contributed by atoms with E-state index < -0.39 is 11.8 Å². The van der Waals surface area contributed by atoms with E-state index in [9.17, 15) is 9.59 Å². The molecule has 7 heteroatoms. The molecule has 2 heterocycles. The quantitative estimate of drug-likeness (QED) is 0.530. The molecular formula is C20H15N3O3S. The van der Waals surface area contributed by atoms with Crippen LogP contribution in [-0.2, 0) is 0 Å². The largest absolute Gasteiger partial charge is 0.451 e. The van der Waals surface area contributed by atoms with Gasteiger partial charge in [0.15, 0.2) is 5.76 Å². The molecule has 0 radical (unpaired) electrons. The second-order valence-corrected chi connectivity index (χ2v) is 6.86. The molecule has 0 spiro atoms. The Balaban J connectivity index is 1.46. The molecule has 0 fully saturated rings. The molecule has 0 aliphatic heterocycles. The molecule has 2 N–H and O–H groups in total. The SMILES string of the molecule is Cc1nc(-c2ccccc2)sc1C(=O)NNC(=O)c1cc2ccccc2o1. The van der Waals surface area contributed by atoms with Gasteiger partial charge in [0.05, 0.1) is 5.69 Å². The van der Waals surface area contributed by atoms with Crippen molar-refractivity contribution in [3.05, 3.63) is 77.0 Å². The Morgan fingerprint density at radius 3 is 2.44 bits per heavy atom. The van der Waals surface area contributed by atoms with Gasteiger partial charge in [-0.25, -0.2) is 4.98 Å². The number of amides is 2. The predicted molar refractivity (Wildman–Crippen MR) is 103 cm³/mol. The lowest BCUT2D eigenvalue weighted by atomic mass is 10.2. The Bertz CT molecular complexity index is 1100. The van der Waals surface area contributed by atoms with E-state index in [1.54, 1.807) is 19.1 Å². The smallest absolute Gasteiger partial charge is 0.305 e. The fraction of sp³-hybridized carbons (Fsp3) is 0.0500. The molecule has 2 amide bonds. The van der Waals surface area contributed by atoms with Crippen LogP contribution in [0.4, 0.5) is 0 Å². The van der Waals surface area contributed by atoms with Gasteiger partial charge in [0.2, 0.25) is 0 Å². The van der Waals surface area contributed by atoms with E-state index in [2.05, 4.69) is 15.8 Å². The lowest BCUT2D eigenvalue weighted by molar-refractivity contribution is 0.0833. The van der Waals surface area contributed by atoms with Gasteiger partial charge in [-0.05, 0) is 19.1 Å². The van der Waals surface area contributed by atoms with Crippen molar-refractivity contribution in [1.29, 1.82) is 0 Å². The zero-order valence-electron chi connectivity index (χ0n) is 14.4. The first-order valence-electron chi connectivity index (χ1n) is 8.24. The molecule has 27 heavy (non-hydrogen) atoms. The predicted octanol–water partition coefficient (Wildman–Crippen LogP) is 3.94. The van der Waals surface area contributed by atoms with E-state index >= 15 is 0 Å². The van der Waals surface area contributed by atoms with Crippen LogP contribution in [0.15, 0.2) is 65.1 Å². The molecule has 0 saturated heterocycles. The number of para-hydroxylation sites is 1. The summed E-state index contributed by atoms with van der Waals surface area (Å²) in [5.74, 6) is -0.816. The molecule has 0 saturated carbocycles. The average Bonchev–Trinajstić information content (AvgIpc) is 3.30. The standard InChI is InChI=1S/C20H15N3O3S/c1-12-17(27-20(21-12)13-7-3-2-4-8-13)19(25)23-22-18(24)16-11-14-9-5-6-10-15(14)26-16/h2-11H,1H3,(H,22,24)(H,23,25). The summed E-state index contributed by atoms with van der Waals surface area (Å²) in [5, 5.41) is 1.57. The molecule has 0 aliphatic carbocycles. The zero-order valence-corrected chi connectivity index (χ0v) is 15.2. The summed E-state index contributed by atoms with van der Waals surface area (Å²) in [6.07, 6.45) is 0. The number of hydrogen-bond donors (Lipinski definition) is 2. The summed E-state index contributed by atoms with van der Waals surface area (Å²) in [4.78, 5) is 29.5. The highest BCUT2D eigenvalue weighted by atomic mass is 32.1. The minimum atomic E-state index is -0.523. The van der Waals surface area contributed by atoms with Crippen LogP contribution in [0.25, 0.3) is 21.5 Å². The number of hydrogen-bond acceptors (Lipinski definition) is 5. The van der Waals surface area contributed by atoms with E-state index in [4.69, 9.17) is 4.42 Å². The highest BCUT2D eigenvalue weighted by Crippen LogP contribution is 2.27. The second kappa shape index (κ2) is 7.05. The van der Waals surface area contributed by atoms with E-state index in [0.29, 0.717) is 16.2 Å². The number of nitrogens with zero attached hydrogens (tertiary/aromatic N) is 1. The summed E-state index contributed by atoms with van der Waals surface area (Å²) in [6, 6.07) is 18.6. The first kappa shape index (κ1) is 17.0. The number of carbonyl (C=O) groups excluding carboxylic acids is 2. The van der Waals surface area contributed by atoms with Gasteiger partial charge < -0.3 is 4.42 Å². The number of aromatic nitrogens is 1. The number of nitrogens with one attached hydrogen (secondary N) is 2. The number of hydrazine groups is 1. The van der Waals surface area contributed by atoms with Crippen molar-refractivity contribution >= 4 is 34.1 Å². The minimum Gasteiger partial charge on any atom is -0.451 e. The van der Waals surface area contributed by atoms with Crippen molar-refractivity contribution in [2.45, 2.75) is 6.92 Å². The van der Waals surface area contributed by atoms with Crippen LogP contribution in [0.5, 0.6) is 0 Å². The Morgan fingerprint density at radius 2 is 1.67 bits per heavy atom. The van der Waals surface area contributed by atoms with Gasteiger partial charge in [-0.1, -0.05) is 48.5 Å². The molecule has 0 atom stereocenters. The Labute approximate surface area is 158 Å². The lowest BCUT2D eigenvalue weighted by Gasteiger charge is -2.04. The number of fused-ring (bicyclic) bond motifs is 1. The first-order chi connectivity index (χ1) is 13.1. The Kier molecular flexibility index (Phi) is 4.43. The van der Waals surface area contributed by atoms with Crippen molar-refractivity contribution in [3.8, 4) is 10.6 Å². The number of benzene rings is 2. The molecular weight excluding hydrogens is 362 g/mol. The first-order valence-corrected chi connectivity index (χ1v) is 9.05. The zero-order chi connectivity index (χ0) is 18.8. The van der Waals surface area contributed by atoms with Crippen molar-refractivity contribution in [2.24, 2.45) is 0 Å². The van der Waals surface area contributed by atoms with Crippen LogP contribution >= 0.6 is 11.3 Å². The number of aryl methyl sites for hydroxylation is 1. The number of carbonyl (C=O) groups is 2. The van der Waals surface area contributed by atoms with Gasteiger partial charge in [0, 0.05) is 10.9 Å². The molecule has 4 aromatic rings. The highest BCUT2D eigenvalue weighted by molar-refractivity contribution is 7.17. The Morgan fingerprint density at radius 1 is 0.963 bits per heavy atom. The molecule has 6 nitrogen and oxygen atoms in total. The molecule has 2 aromatic heterocycles. The van der Waals surface area contributed by atoms with Gasteiger partial charge >= 0.3 is 5.91 Å².